The van der Waals surface area contributed by atoms with Gasteiger partial charge in [0.25, 0.3) is 0 Å². The third-order valence-corrected chi connectivity index (χ3v) is 4.33. The van der Waals surface area contributed by atoms with Gasteiger partial charge in [0, 0.05) is 0 Å². The van der Waals surface area contributed by atoms with Crippen LogP contribution in [0.15, 0.2) is 0 Å². The number of aliphatic hydroxyl groups excluding tert-OH is 1. The number of hydrogen-bond donors (Lipinski definition) is 8. The van der Waals surface area contributed by atoms with E-state index in [1.54, 1.807) is 13.8 Å². The number of nitrogens with one attached hydrogen (secondary N) is 3. The van der Waals surface area contributed by atoms with Crippen LogP contribution in [0.3, 0.4) is 0 Å². The Kier molecular flexibility index (Phi) is 11.7. The molecule has 31 heavy (non-hydrogen) atoms. The van der Waals surface area contributed by atoms with Crippen molar-refractivity contribution in [3.8, 4) is 0 Å². The first-order valence-corrected chi connectivity index (χ1v) is 9.27. The minimum atomic E-state index is -1.72. The van der Waals surface area contributed by atoms with Gasteiger partial charge in [-0.1, -0.05) is 20.3 Å². The molecule has 0 aromatic heterocycles. The van der Waals surface area contributed by atoms with Crippen LogP contribution in [0, 0.1) is 5.92 Å². The van der Waals surface area contributed by atoms with Crippen LogP contribution in [0.2, 0.25) is 0 Å². The minimum Gasteiger partial charge on any atom is -0.481 e. The van der Waals surface area contributed by atoms with Gasteiger partial charge in [0.05, 0.1) is 25.5 Å². The summed E-state index contributed by atoms with van der Waals surface area (Å²) in [5.74, 6) is -7.97. The first-order chi connectivity index (χ1) is 14.3. The third-order valence-electron chi connectivity index (χ3n) is 4.33. The average Bonchev–Trinajstić information content (AvgIpc) is 2.67. The number of aliphatic carboxylic acids is 3. The average molecular weight is 448 g/mol. The maximum atomic E-state index is 12.7. The second kappa shape index (κ2) is 13.1. The van der Waals surface area contributed by atoms with Gasteiger partial charge in [0.15, 0.2) is 0 Å². The van der Waals surface area contributed by atoms with Crippen molar-refractivity contribution in [1.29, 1.82) is 0 Å². The van der Waals surface area contributed by atoms with E-state index in [4.69, 9.17) is 26.2 Å². The van der Waals surface area contributed by atoms with Crippen LogP contribution in [0.4, 0.5) is 0 Å². The SMILES string of the molecule is CCC(C)C(NC(=O)C(N)CC(=O)O)C(=O)NC(CC(=O)O)C(=O)NC(CO)C(=O)O. The molecule has 3 amide bonds. The number of nitrogens with two attached hydrogens (primary N) is 1. The van der Waals surface area contributed by atoms with Crippen LogP contribution in [0.1, 0.15) is 33.1 Å². The summed E-state index contributed by atoms with van der Waals surface area (Å²) in [7, 11) is 0. The second-order valence-electron chi connectivity index (χ2n) is 6.82. The molecule has 0 aromatic carbocycles. The lowest BCUT2D eigenvalue weighted by Crippen LogP contribution is -2.59. The number of carbonyl (C=O) groups is 6. The largest absolute Gasteiger partial charge is 0.481 e. The molecule has 0 aliphatic carbocycles. The Morgan fingerprint density at radius 2 is 1.32 bits per heavy atom. The normalized spacial score (nSPS) is 15.5. The van der Waals surface area contributed by atoms with E-state index in [0.29, 0.717) is 6.42 Å². The van der Waals surface area contributed by atoms with Crippen molar-refractivity contribution in [2.75, 3.05) is 6.61 Å². The third kappa shape index (κ3) is 9.86. The fourth-order valence-corrected chi connectivity index (χ4v) is 2.35. The van der Waals surface area contributed by atoms with Gasteiger partial charge in [-0.2, -0.15) is 0 Å². The summed E-state index contributed by atoms with van der Waals surface area (Å²) < 4.78 is 0. The van der Waals surface area contributed by atoms with Gasteiger partial charge in [-0.3, -0.25) is 24.0 Å². The fraction of sp³-hybridized carbons (Fsp3) is 0.647. The molecule has 5 unspecified atom stereocenters. The lowest BCUT2D eigenvalue weighted by molar-refractivity contribution is -0.144. The quantitative estimate of drug-likeness (QED) is 0.132. The molecule has 0 aliphatic heterocycles. The fourth-order valence-electron chi connectivity index (χ4n) is 2.35. The van der Waals surface area contributed by atoms with Crippen molar-refractivity contribution in [3.05, 3.63) is 0 Å². The molecule has 5 atom stereocenters. The molecule has 9 N–H and O–H groups in total. The smallest absolute Gasteiger partial charge is 0.328 e. The van der Waals surface area contributed by atoms with Crippen molar-refractivity contribution in [2.24, 2.45) is 11.7 Å². The van der Waals surface area contributed by atoms with Crippen LogP contribution < -0.4 is 21.7 Å². The Hall–Kier alpha value is -3.26. The molecule has 176 valence electrons. The summed E-state index contributed by atoms with van der Waals surface area (Å²) >= 11 is 0. The Morgan fingerprint density at radius 1 is 0.806 bits per heavy atom. The summed E-state index contributed by atoms with van der Waals surface area (Å²) in [4.78, 5) is 69.8. The molecule has 0 aliphatic rings. The molecule has 14 heteroatoms. The number of carboxylic acids is 3. The molecule has 0 saturated heterocycles. The van der Waals surface area contributed by atoms with Gasteiger partial charge >= 0.3 is 17.9 Å². The zero-order valence-electron chi connectivity index (χ0n) is 17.0. The van der Waals surface area contributed by atoms with Crippen LogP contribution >= 0.6 is 0 Å². The van der Waals surface area contributed by atoms with Crippen LogP contribution in [0.25, 0.3) is 0 Å². The first-order valence-electron chi connectivity index (χ1n) is 9.27. The maximum Gasteiger partial charge on any atom is 0.328 e. The minimum absolute atomic E-state index is 0.369. The van der Waals surface area contributed by atoms with Crippen molar-refractivity contribution >= 4 is 35.6 Å². The Balaban J connectivity index is 5.51. The first kappa shape index (κ1) is 27.7. The topological polar surface area (TPSA) is 245 Å². The molecule has 0 heterocycles. The van der Waals surface area contributed by atoms with E-state index in [1.807, 2.05) is 5.32 Å². The number of carboxylic acid groups (broad SMARTS) is 3. The lowest BCUT2D eigenvalue weighted by atomic mass is 9.97. The molecule has 0 rings (SSSR count). The zero-order valence-corrected chi connectivity index (χ0v) is 17.0. The van der Waals surface area contributed by atoms with Gasteiger partial charge in [-0.15, -0.1) is 0 Å². The van der Waals surface area contributed by atoms with E-state index >= 15 is 0 Å². The summed E-state index contributed by atoms with van der Waals surface area (Å²) in [5.41, 5.74) is 5.48. The van der Waals surface area contributed by atoms with E-state index in [2.05, 4.69) is 10.6 Å². The predicted octanol–water partition coefficient (Wildman–Crippen LogP) is -3.16. The van der Waals surface area contributed by atoms with Gasteiger partial charge in [-0.25, -0.2) is 4.79 Å². The highest BCUT2D eigenvalue weighted by Gasteiger charge is 2.33. The van der Waals surface area contributed by atoms with Crippen LogP contribution in [-0.4, -0.2) is 86.8 Å². The number of carbonyl (C=O) groups excluding carboxylic acids is 3. The molecule has 0 bridgehead atoms. The number of amides is 3. The predicted molar refractivity (Wildman–Crippen MR) is 102 cm³/mol. The zero-order chi connectivity index (χ0) is 24.3. The lowest BCUT2D eigenvalue weighted by Gasteiger charge is -2.27. The Morgan fingerprint density at radius 3 is 1.74 bits per heavy atom. The highest BCUT2D eigenvalue weighted by Crippen LogP contribution is 2.10. The standard InChI is InChI=1S/C17H28N4O10/c1-3-7(2)13(21-14(27)8(18)4-11(23)24)16(29)19-9(5-12(25)26)15(28)20-10(6-22)17(30)31/h7-10,13,22H,3-6,18H2,1-2H3,(H,19,29)(H,20,28)(H,21,27)(H,23,24)(H,25,26)(H,30,31). The van der Waals surface area contributed by atoms with Crippen molar-refractivity contribution < 1.29 is 49.2 Å². The summed E-state index contributed by atoms with van der Waals surface area (Å²) in [6, 6.07) is -6.17. The number of rotatable bonds is 14. The van der Waals surface area contributed by atoms with Crippen molar-refractivity contribution in [3.63, 3.8) is 0 Å². The Bertz CT molecular complexity index is 698. The van der Waals surface area contributed by atoms with Gasteiger partial charge in [-0.05, 0) is 5.92 Å². The maximum absolute atomic E-state index is 12.7. The van der Waals surface area contributed by atoms with E-state index in [0.717, 1.165) is 0 Å². The van der Waals surface area contributed by atoms with Gasteiger partial charge < -0.3 is 42.1 Å². The van der Waals surface area contributed by atoms with E-state index < -0.39 is 85.2 Å². The molecule has 0 aromatic rings. The highest BCUT2D eigenvalue weighted by molar-refractivity contribution is 5.96. The molecule has 0 saturated carbocycles. The van der Waals surface area contributed by atoms with Crippen molar-refractivity contribution in [1.82, 2.24) is 16.0 Å². The summed E-state index contributed by atoms with van der Waals surface area (Å²) in [6.45, 7) is 2.29. The van der Waals surface area contributed by atoms with E-state index in [-0.39, 0.29) is 0 Å². The molecule has 0 fully saturated rings. The van der Waals surface area contributed by atoms with Crippen LogP contribution in [0.5, 0.6) is 0 Å². The molecular formula is C17H28N4O10. The molecular weight excluding hydrogens is 420 g/mol. The second-order valence-corrected chi connectivity index (χ2v) is 6.82. The van der Waals surface area contributed by atoms with Gasteiger partial charge in [0.1, 0.15) is 18.1 Å². The number of aliphatic hydroxyl groups is 1. The van der Waals surface area contributed by atoms with Gasteiger partial charge in [0.2, 0.25) is 17.7 Å². The monoisotopic (exact) mass is 448 g/mol. The number of hydrogen-bond acceptors (Lipinski definition) is 8. The molecule has 0 radical (unpaired) electrons. The summed E-state index contributed by atoms with van der Waals surface area (Å²) in [6.07, 6.45) is -1.23. The van der Waals surface area contributed by atoms with Crippen LogP contribution in [-0.2, 0) is 28.8 Å². The van der Waals surface area contributed by atoms with E-state index in [9.17, 15) is 28.8 Å². The van der Waals surface area contributed by atoms with E-state index in [1.165, 1.54) is 0 Å². The summed E-state index contributed by atoms with van der Waals surface area (Å²) in [5, 5.41) is 41.9. The van der Waals surface area contributed by atoms with Crippen molar-refractivity contribution in [2.45, 2.75) is 57.3 Å². The highest BCUT2D eigenvalue weighted by atomic mass is 16.4. The Labute approximate surface area is 177 Å². The molecule has 0 spiro atoms. The molecule has 14 nitrogen and oxygen atoms in total.